The molecule has 2 amide bonds. The lowest BCUT2D eigenvalue weighted by molar-refractivity contribution is 0.159. The Bertz CT molecular complexity index is 1170. The predicted octanol–water partition coefficient (Wildman–Crippen LogP) is 4.19. The fourth-order valence-electron chi connectivity index (χ4n) is 4.41. The van der Waals surface area contributed by atoms with Gasteiger partial charge in [-0.15, -0.1) is 0 Å². The van der Waals surface area contributed by atoms with Gasteiger partial charge in [0.25, 0.3) is 0 Å². The Balaban J connectivity index is 1.57. The Labute approximate surface area is 213 Å². The van der Waals surface area contributed by atoms with E-state index in [9.17, 15) is 13.6 Å². The molecule has 11 heteroatoms. The standard InChI is InChI=1S/C25H28ClF2N5O3/c1-35-9-8-32-13-20(16-10-17(27)12-18(28)11-16)21(14-32)29-25(34)30-24-23(26)22(15-36-2)31-33(24)19-6-4-3-5-7-19/h3-7,10-12,20-21H,8-9,13-15H2,1-2H3,(H2,29,30,34)/t20-,21+/m0/s1. The summed E-state index contributed by atoms with van der Waals surface area (Å²) >= 11 is 6.55. The average Bonchev–Trinajstić information content (AvgIpc) is 3.39. The lowest BCUT2D eigenvalue weighted by Crippen LogP contribution is -2.42. The maximum Gasteiger partial charge on any atom is 0.320 e. The smallest absolute Gasteiger partial charge is 0.320 e. The number of carbonyl (C=O) groups is 1. The van der Waals surface area contributed by atoms with Crippen LogP contribution in [0.25, 0.3) is 5.69 Å². The Morgan fingerprint density at radius 3 is 2.50 bits per heavy atom. The van der Waals surface area contributed by atoms with Crippen molar-refractivity contribution in [3.8, 4) is 5.69 Å². The first-order valence-corrected chi connectivity index (χ1v) is 11.8. The molecule has 3 aromatic rings. The van der Waals surface area contributed by atoms with Gasteiger partial charge in [0.1, 0.15) is 22.4 Å². The zero-order valence-electron chi connectivity index (χ0n) is 20.0. The minimum absolute atomic E-state index is 0.166. The van der Waals surface area contributed by atoms with Gasteiger partial charge in [-0.05, 0) is 29.8 Å². The third kappa shape index (κ3) is 6.01. The third-order valence-corrected chi connectivity index (χ3v) is 6.44. The second kappa shape index (κ2) is 11.8. The number of benzene rings is 2. The van der Waals surface area contributed by atoms with Gasteiger partial charge in [0.15, 0.2) is 5.82 Å². The highest BCUT2D eigenvalue weighted by Gasteiger charge is 2.35. The number of amides is 2. The van der Waals surface area contributed by atoms with E-state index < -0.39 is 23.7 Å². The minimum Gasteiger partial charge on any atom is -0.383 e. The van der Waals surface area contributed by atoms with Gasteiger partial charge < -0.3 is 14.8 Å². The maximum atomic E-state index is 14.0. The largest absolute Gasteiger partial charge is 0.383 e. The highest BCUT2D eigenvalue weighted by atomic mass is 35.5. The van der Waals surface area contributed by atoms with Crippen molar-refractivity contribution in [3.63, 3.8) is 0 Å². The summed E-state index contributed by atoms with van der Waals surface area (Å²) in [6.07, 6.45) is 0. The summed E-state index contributed by atoms with van der Waals surface area (Å²) in [5, 5.41) is 10.5. The number of hydrogen-bond donors (Lipinski definition) is 2. The molecule has 2 heterocycles. The summed E-state index contributed by atoms with van der Waals surface area (Å²) < 4.78 is 39.8. The van der Waals surface area contributed by atoms with E-state index in [2.05, 4.69) is 20.6 Å². The molecule has 192 valence electrons. The van der Waals surface area contributed by atoms with Crippen molar-refractivity contribution in [2.24, 2.45) is 0 Å². The summed E-state index contributed by atoms with van der Waals surface area (Å²) in [7, 11) is 3.14. The molecule has 2 atom stereocenters. The quantitative estimate of drug-likeness (QED) is 0.443. The van der Waals surface area contributed by atoms with Gasteiger partial charge in [-0.1, -0.05) is 29.8 Å². The number of nitrogens with zero attached hydrogens (tertiary/aromatic N) is 3. The second-order valence-corrected chi connectivity index (χ2v) is 8.93. The van der Waals surface area contributed by atoms with Crippen molar-refractivity contribution in [2.75, 3.05) is 45.8 Å². The topological polar surface area (TPSA) is 80.7 Å². The first-order chi connectivity index (χ1) is 17.4. The van der Waals surface area contributed by atoms with Crippen LogP contribution in [0.4, 0.5) is 19.4 Å². The van der Waals surface area contributed by atoms with Crippen molar-refractivity contribution in [1.82, 2.24) is 20.0 Å². The number of methoxy groups -OCH3 is 2. The van der Waals surface area contributed by atoms with Crippen LogP contribution in [-0.4, -0.2) is 67.2 Å². The zero-order chi connectivity index (χ0) is 25.7. The first kappa shape index (κ1) is 26.0. The van der Waals surface area contributed by atoms with Crippen molar-refractivity contribution in [1.29, 1.82) is 0 Å². The normalized spacial score (nSPS) is 17.9. The van der Waals surface area contributed by atoms with E-state index >= 15 is 0 Å². The summed E-state index contributed by atoms with van der Waals surface area (Å²) in [5.41, 5.74) is 1.65. The lowest BCUT2D eigenvalue weighted by atomic mass is 9.94. The monoisotopic (exact) mass is 519 g/mol. The van der Waals surface area contributed by atoms with Gasteiger partial charge in [0.05, 0.1) is 24.9 Å². The number of ether oxygens (including phenoxy) is 2. The first-order valence-electron chi connectivity index (χ1n) is 11.5. The highest BCUT2D eigenvalue weighted by molar-refractivity contribution is 6.34. The van der Waals surface area contributed by atoms with Crippen LogP contribution in [0.15, 0.2) is 48.5 Å². The van der Waals surface area contributed by atoms with Crippen molar-refractivity contribution >= 4 is 23.4 Å². The number of hydrogen-bond acceptors (Lipinski definition) is 5. The Morgan fingerprint density at radius 2 is 1.83 bits per heavy atom. The number of halogens is 3. The van der Waals surface area contributed by atoms with E-state index in [1.807, 2.05) is 30.3 Å². The number of aromatic nitrogens is 2. The molecule has 0 aliphatic carbocycles. The lowest BCUT2D eigenvalue weighted by Gasteiger charge is -2.21. The van der Waals surface area contributed by atoms with E-state index in [-0.39, 0.29) is 23.4 Å². The zero-order valence-corrected chi connectivity index (χ0v) is 20.8. The highest BCUT2D eigenvalue weighted by Crippen LogP contribution is 2.31. The molecule has 8 nitrogen and oxygen atoms in total. The maximum absolute atomic E-state index is 14.0. The molecule has 1 aliphatic rings. The molecule has 1 aromatic heterocycles. The van der Waals surface area contributed by atoms with Crippen LogP contribution in [-0.2, 0) is 16.1 Å². The number of likely N-dealkylation sites (tertiary alicyclic amines) is 1. The van der Waals surface area contributed by atoms with Crippen LogP contribution < -0.4 is 10.6 Å². The van der Waals surface area contributed by atoms with Gasteiger partial charge in [0, 0.05) is 45.8 Å². The SMILES string of the molecule is COCCN1C[C@@H](NC(=O)Nc2c(Cl)c(COC)nn2-c2ccccc2)[C@H](c2cc(F)cc(F)c2)C1. The van der Waals surface area contributed by atoms with E-state index in [1.165, 1.54) is 23.9 Å². The van der Waals surface area contributed by atoms with Crippen LogP contribution in [0.3, 0.4) is 0 Å². The molecule has 0 radical (unpaired) electrons. The molecule has 0 bridgehead atoms. The molecule has 2 N–H and O–H groups in total. The summed E-state index contributed by atoms with van der Waals surface area (Å²) in [5.74, 6) is -1.35. The molecule has 4 rings (SSSR count). The average molecular weight is 520 g/mol. The minimum atomic E-state index is -0.659. The van der Waals surface area contributed by atoms with Crippen molar-refractivity contribution < 1.29 is 23.0 Å². The molecule has 0 saturated carbocycles. The molecule has 36 heavy (non-hydrogen) atoms. The van der Waals surface area contributed by atoms with Gasteiger partial charge in [0.2, 0.25) is 0 Å². The Morgan fingerprint density at radius 1 is 1.11 bits per heavy atom. The number of anilines is 1. The number of urea groups is 1. The van der Waals surface area contributed by atoms with Crippen LogP contribution in [0, 0.1) is 11.6 Å². The van der Waals surface area contributed by atoms with Crippen LogP contribution in [0.2, 0.25) is 5.02 Å². The summed E-state index contributed by atoms with van der Waals surface area (Å²) in [4.78, 5) is 15.2. The van der Waals surface area contributed by atoms with Gasteiger partial charge in [-0.3, -0.25) is 10.2 Å². The molecule has 2 aromatic carbocycles. The molecule has 0 spiro atoms. The number of para-hydroxylation sites is 1. The fraction of sp³-hybridized carbons (Fsp3) is 0.360. The van der Waals surface area contributed by atoms with Crippen LogP contribution in [0.5, 0.6) is 0 Å². The molecule has 1 saturated heterocycles. The van der Waals surface area contributed by atoms with Gasteiger partial charge in [-0.2, -0.15) is 5.10 Å². The molecule has 1 aliphatic heterocycles. The van der Waals surface area contributed by atoms with Crippen LogP contribution in [0.1, 0.15) is 17.2 Å². The van der Waals surface area contributed by atoms with E-state index in [1.54, 1.807) is 7.11 Å². The van der Waals surface area contributed by atoms with Crippen molar-refractivity contribution in [3.05, 3.63) is 76.4 Å². The van der Waals surface area contributed by atoms with E-state index in [0.717, 1.165) is 6.07 Å². The second-order valence-electron chi connectivity index (χ2n) is 8.56. The van der Waals surface area contributed by atoms with Crippen molar-refractivity contribution in [2.45, 2.75) is 18.6 Å². The number of rotatable bonds is 9. The van der Waals surface area contributed by atoms with E-state index in [0.29, 0.717) is 43.2 Å². The molecular weight excluding hydrogens is 492 g/mol. The fourth-order valence-corrected chi connectivity index (χ4v) is 4.63. The van der Waals surface area contributed by atoms with Gasteiger partial charge >= 0.3 is 6.03 Å². The molecule has 1 fully saturated rings. The summed E-state index contributed by atoms with van der Waals surface area (Å²) in [6.45, 7) is 2.28. The molecular formula is C25H28ClF2N5O3. The third-order valence-electron chi connectivity index (χ3n) is 6.04. The van der Waals surface area contributed by atoms with Crippen LogP contribution >= 0.6 is 11.6 Å². The Kier molecular flexibility index (Phi) is 8.52. The Hall–Kier alpha value is -3.05. The van der Waals surface area contributed by atoms with E-state index in [4.69, 9.17) is 21.1 Å². The van der Waals surface area contributed by atoms with Gasteiger partial charge in [-0.25, -0.2) is 18.3 Å². The number of nitrogens with one attached hydrogen (secondary N) is 2. The summed E-state index contributed by atoms with van der Waals surface area (Å²) in [6, 6.07) is 11.8. The molecule has 0 unspecified atom stereocenters. The predicted molar refractivity (Wildman–Crippen MR) is 133 cm³/mol. The number of carbonyl (C=O) groups excluding carboxylic acids is 1.